The summed E-state index contributed by atoms with van der Waals surface area (Å²) in [4.78, 5) is 6.56. The summed E-state index contributed by atoms with van der Waals surface area (Å²) < 4.78 is 2.03. The van der Waals surface area contributed by atoms with E-state index in [0.717, 1.165) is 12.4 Å². The lowest BCUT2D eigenvalue weighted by molar-refractivity contribution is 0.244. The monoisotopic (exact) mass is 245 g/mol. The van der Waals surface area contributed by atoms with Crippen LogP contribution in [0.25, 0.3) is 0 Å². The van der Waals surface area contributed by atoms with Gasteiger partial charge in [0, 0.05) is 25.5 Å². The van der Waals surface area contributed by atoms with Gasteiger partial charge in [0.1, 0.15) is 11.6 Å². The molecule has 0 spiro atoms. The van der Waals surface area contributed by atoms with E-state index in [4.69, 9.17) is 0 Å². The van der Waals surface area contributed by atoms with E-state index in [2.05, 4.69) is 23.9 Å². The number of phenolic OH excluding ortho intramolecular Hbond substituents is 1. The van der Waals surface area contributed by atoms with Crippen LogP contribution in [0.3, 0.4) is 0 Å². The molecule has 0 saturated carbocycles. The third-order valence-electron chi connectivity index (χ3n) is 3.35. The first-order chi connectivity index (χ1) is 8.58. The largest absolute Gasteiger partial charge is 0.508 e. The predicted octanol–water partition coefficient (Wildman–Crippen LogP) is 2.32. The molecule has 0 bridgehead atoms. The minimum atomic E-state index is 0.280. The van der Waals surface area contributed by atoms with Crippen molar-refractivity contribution >= 4 is 0 Å². The molecule has 1 aromatic heterocycles. The highest BCUT2D eigenvalue weighted by atomic mass is 16.3. The molecule has 0 amide bonds. The summed E-state index contributed by atoms with van der Waals surface area (Å²) >= 11 is 0. The Morgan fingerprint density at radius 3 is 2.56 bits per heavy atom. The molecule has 96 valence electrons. The molecular weight excluding hydrogens is 226 g/mol. The van der Waals surface area contributed by atoms with Crippen molar-refractivity contribution in [3.63, 3.8) is 0 Å². The molecule has 0 saturated heterocycles. The fraction of sp³-hybridized carbons (Fsp3) is 0.357. The second kappa shape index (κ2) is 5.23. The van der Waals surface area contributed by atoms with Crippen LogP contribution in [-0.2, 0) is 13.6 Å². The molecule has 0 fully saturated rings. The lowest BCUT2D eigenvalue weighted by atomic mass is 10.1. The highest BCUT2D eigenvalue weighted by molar-refractivity contribution is 5.27. The number of aromatic nitrogens is 2. The fourth-order valence-electron chi connectivity index (χ4n) is 1.92. The Morgan fingerprint density at radius 1 is 1.33 bits per heavy atom. The zero-order valence-electron chi connectivity index (χ0n) is 11.0. The molecule has 4 heteroatoms. The van der Waals surface area contributed by atoms with Gasteiger partial charge in [-0.3, -0.25) is 4.90 Å². The van der Waals surface area contributed by atoms with Crippen LogP contribution in [0.2, 0.25) is 0 Å². The molecule has 0 aliphatic heterocycles. The first kappa shape index (κ1) is 12.6. The van der Waals surface area contributed by atoms with E-state index in [-0.39, 0.29) is 6.04 Å². The SMILES string of the molecule is CC(c1ccc(O)cc1)N(C)Cc1nccn1C. The molecule has 4 nitrogen and oxygen atoms in total. The molecule has 18 heavy (non-hydrogen) atoms. The molecule has 1 atom stereocenters. The zero-order chi connectivity index (χ0) is 13.1. The van der Waals surface area contributed by atoms with Crippen molar-refractivity contribution < 1.29 is 5.11 Å². The van der Waals surface area contributed by atoms with Gasteiger partial charge in [0.2, 0.25) is 0 Å². The molecular formula is C14H19N3O. The lowest BCUT2D eigenvalue weighted by Gasteiger charge is -2.24. The van der Waals surface area contributed by atoms with Crippen LogP contribution in [-0.4, -0.2) is 26.6 Å². The summed E-state index contributed by atoms with van der Waals surface area (Å²) in [6, 6.07) is 7.63. The number of benzene rings is 1. The van der Waals surface area contributed by atoms with E-state index in [0.29, 0.717) is 5.75 Å². The van der Waals surface area contributed by atoms with Gasteiger partial charge in [-0.25, -0.2) is 4.98 Å². The molecule has 0 aliphatic carbocycles. The van der Waals surface area contributed by atoms with Crippen molar-refractivity contribution in [3.8, 4) is 5.75 Å². The number of imidazole rings is 1. The van der Waals surface area contributed by atoms with Crippen LogP contribution >= 0.6 is 0 Å². The number of aromatic hydroxyl groups is 1. The molecule has 2 aromatic rings. The van der Waals surface area contributed by atoms with Crippen LogP contribution in [0.1, 0.15) is 24.4 Å². The molecule has 0 radical (unpaired) electrons. The summed E-state index contributed by atoms with van der Waals surface area (Å²) in [5.41, 5.74) is 1.18. The molecule has 1 heterocycles. The summed E-state index contributed by atoms with van der Waals surface area (Å²) in [5.74, 6) is 1.35. The van der Waals surface area contributed by atoms with Gasteiger partial charge in [-0.1, -0.05) is 12.1 Å². The molecule has 2 rings (SSSR count). The van der Waals surface area contributed by atoms with Crippen LogP contribution in [0.5, 0.6) is 5.75 Å². The summed E-state index contributed by atoms with van der Waals surface area (Å²) in [5, 5.41) is 9.29. The predicted molar refractivity (Wildman–Crippen MR) is 71.2 cm³/mol. The smallest absolute Gasteiger partial charge is 0.122 e. The first-order valence-electron chi connectivity index (χ1n) is 6.03. The van der Waals surface area contributed by atoms with Crippen molar-refractivity contribution in [1.29, 1.82) is 0 Å². The minimum absolute atomic E-state index is 0.280. The van der Waals surface area contributed by atoms with E-state index < -0.39 is 0 Å². The van der Waals surface area contributed by atoms with Crippen molar-refractivity contribution in [2.75, 3.05) is 7.05 Å². The normalized spacial score (nSPS) is 12.9. The number of hydrogen-bond acceptors (Lipinski definition) is 3. The molecule has 0 aliphatic rings. The number of nitrogens with zero attached hydrogens (tertiary/aromatic N) is 3. The Labute approximate surface area is 108 Å². The van der Waals surface area contributed by atoms with Gasteiger partial charge < -0.3 is 9.67 Å². The van der Waals surface area contributed by atoms with Gasteiger partial charge in [-0.15, -0.1) is 0 Å². The summed E-state index contributed by atoms with van der Waals surface area (Å²) in [6.45, 7) is 2.95. The average molecular weight is 245 g/mol. The van der Waals surface area contributed by atoms with Crippen molar-refractivity contribution in [2.45, 2.75) is 19.5 Å². The van der Waals surface area contributed by atoms with Crippen molar-refractivity contribution in [3.05, 3.63) is 48.0 Å². The second-order valence-corrected chi connectivity index (χ2v) is 4.64. The van der Waals surface area contributed by atoms with Crippen LogP contribution < -0.4 is 0 Å². The van der Waals surface area contributed by atoms with Crippen LogP contribution in [0, 0.1) is 0 Å². The number of aryl methyl sites for hydroxylation is 1. The Hall–Kier alpha value is -1.81. The molecule has 1 unspecified atom stereocenters. The Morgan fingerprint density at radius 2 is 2.00 bits per heavy atom. The second-order valence-electron chi connectivity index (χ2n) is 4.64. The third kappa shape index (κ3) is 2.71. The van der Waals surface area contributed by atoms with E-state index >= 15 is 0 Å². The fourth-order valence-corrected chi connectivity index (χ4v) is 1.92. The molecule has 1 N–H and O–H groups in total. The maximum absolute atomic E-state index is 9.29. The van der Waals surface area contributed by atoms with Crippen molar-refractivity contribution in [2.24, 2.45) is 7.05 Å². The Kier molecular flexibility index (Phi) is 3.67. The van der Waals surface area contributed by atoms with E-state index in [1.54, 1.807) is 12.1 Å². The van der Waals surface area contributed by atoms with Crippen molar-refractivity contribution in [1.82, 2.24) is 14.5 Å². The van der Waals surface area contributed by atoms with E-state index in [9.17, 15) is 5.11 Å². The summed E-state index contributed by atoms with van der Waals surface area (Å²) in [6.07, 6.45) is 3.77. The third-order valence-corrected chi connectivity index (χ3v) is 3.35. The van der Waals surface area contributed by atoms with Gasteiger partial charge in [0.05, 0.1) is 6.54 Å². The zero-order valence-corrected chi connectivity index (χ0v) is 11.0. The quantitative estimate of drug-likeness (QED) is 0.898. The Balaban J connectivity index is 2.07. The van der Waals surface area contributed by atoms with Gasteiger partial charge in [-0.2, -0.15) is 0 Å². The number of rotatable bonds is 4. The highest BCUT2D eigenvalue weighted by Gasteiger charge is 2.13. The van der Waals surface area contributed by atoms with Gasteiger partial charge >= 0.3 is 0 Å². The summed E-state index contributed by atoms with van der Waals surface area (Å²) in [7, 11) is 4.08. The standard InChI is InChI=1S/C14H19N3O/c1-11(12-4-6-13(18)7-5-12)17(3)10-14-15-8-9-16(14)2/h4-9,11,18H,10H2,1-3H3. The average Bonchev–Trinajstić information content (AvgIpc) is 2.75. The lowest BCUT2D eigenvalue weighted by Crippen LogP contribution is -2.23. The number of hydrogen-bond donors (Lipinski definition) is 1. The topological polar surface area (TPSA) is 41.3 Å². The maximum Gasteiger partial charge on any atom is 0.122 e. The van der Waals surface area contributed by atoms with E-state index in [1.807, 2.05) is 36.1 Å². The highest BCUT2D eigenvalue weighted by Crippen LogP contribution is 2.22. The van der Waals surface area contributed by atoms with Gasteiger partial charge in [0.15, 0.2) is 0 Å². The number of phenols is 1. The van der Waals surface area contributed by atoms with Crippen LogP contribution in [0.15, 0.2) is 36.7 Å². The first-order valence-corrected chi connectivity index (χ1v) is 6.03. The van der Waals surface area contributed by atoms with Crippen LogP contribution in [0.4, 0.5) is 0 Å². The van der Waals surface area contributed by atoms with E-state index in [1.165, 1.54) is 5.56 Å². The molecule has 1 aromatic carbocycles. The van der Waals surface area contributed by atoms with Gasteiger partial charge in [-0.05, 0) is 31.7 Å². The maximum atomic E-state index is 9.29. The Bertz CT molecular complexity index is 504. The minimum Gasteiger partial charge on any atom is -0.508 e. The van der Waals surface area contributed by atoms with Gasteiger partial charge in [0.25, 0.3) is 0 Å².